The number of rotatable bonds is 9. The second kappa shape index (κ2) is 7.91. The molecule has 1 rings (SSSR count). The zero-order chi connectivity index (χ0) is 15.9. The Morgan fingerprint density at radius 3 is 2.62 bits per heavy atom. The van der Waals surface area contributed by atoms with Crippen molar-refractivity contribution in [3.63, 3.8) is 0 Å². The smallest absolute Gasteiger partial charge is 0.270 e. The predicted octanol–water partition coefficient (Wildman–Crippen LogP) is 1.34. The molecule has 0 fully saturated rings. The summed E-state index contributed by atoms with van der Waals surface area (Å²) in [6.45, 7) is 0.803. The summed E-state index contributed by atoms with van der Waals surface area (Å²) in [5.41, 5.74) is 0.0405. The van der Waals surface area contributed by atoms with E-state index in [1.54, 1.807) is 14.2 Å². The summed E-state index contributed by atoms with van der Waals surface area (Å²) < 4.78 is 31.7. The normalized spacial score (nSPS) is 11.3. The standard InChI is InChI=1S/C12H19N3O5S/c1-13-11-6-5-10(15(16)17)9-12(11)21(18,19)14-7-3-4-8-20-2/h5-6,9,13-14H,3-4,7-8H2,1-2H3. The summed E-state index contributed by atoms with van der Waals surface area (Å²) in [6, 6.07) is 3.67. The predicted molar refractivity (Wildman–Crippen MR) is 78.9 cm³/mol. The first-order chi connectivity index (χ1) is 9.92. The van der Waals surface area contributed by atoms with Crippen LogP contribution in [0.5, 0.6) is 0 Å². The first-order valence-corrected chi connectivity index (χ1v) is 7.85. The Labute approximate surface area is 123 Å². The molecule has 21 heavy (non-hydrogen) atoms. The Morgan fingerprint density at radius 2 is 2.05 bits per heavy atom. The molecule has 0 bridgehead atoms. The fourth-order valence-electron chi connectivity index (χ4n) is 1.71. The molecule has 2 N–H and O–H groups in total. The summed E-state index contributed by atoms with van der Waals surface area (Å²) in [6.07, 6.45) is 1.35. The Morgan fingerprint density at radius 1 is 1.33 bits per heavy atom. The van der Waals surface area contributed by atoms with E-state index in [1.807, 2.05) is 0 Å². The van der Waals surface area contributed by atoms with Crippen LogP contribution in [0, 0.1) is 10.1 Å². The maximum absolute atomic E-state index is 12.2. The van der Waals surface area contributed by atoms with Gasteiger partial charge in [0, 0.05) is 39.4 Å². The lowest BCUT2D eigenvalue weighted by Crippen LogP contribution is -2.25. The number of methoxy groups -OCH3 is 1. The molecule has 0 amide bonds. The van der Waals surface area contributed by atoms with Crippen LogP contribution in [-0.2, 0) is 14.8 Å². The van der Waals surface area contributed by atoms with E-state index < -0.39 is 14.9 Å². The van der Waals surface area contributed by atoms with E-state index in [-0.39, 0.29) is 17.1 Å². The summed E-state index contributed by atoms with van der Waals surface area (Å²) in [5.74, 6) is 0. The largest absolute Gasteiger partial charge is 0.387 e. The van der Waals surface area contributed by atoms with Gasteiger partial charge in [0.1, 0.15) is 4.90 Å². The molecule has 0 aliphatic heterocycles. The first-order valence-electron chi connectivity index (χ1n) is 6.37. The van der Waals surface area contributed by atoms with E-state index in [9.17, 15) is 18.5 Å². The van der Waals surface area contributed by atoms with Crippen molar-refractivity contribution >= 4 is 21.4 Å². The van der Waals surface area contributed by atoms with Crippen molar-refractivity contribution in [2.24, 2.45) is 0 Å². The molecule has 0 saturated heterocycles. The van der Waals surface area contributed by atoms with Crippen molar-refractivity contribution in [3.8, 4) is 0 Å². The number of nitro groups is 1. The van der Waals surface area contributed by atoms with E-state index in [4.69, 9.17) is 4.74 Å². The number of ether oxygens (including phenoxy) is 1. The number of nitrogens with zero attached hydrogens (tertiary/aromatic N) is 1. The molecule has 0 aromatic heterocycles. The third kappa shape index (κ3) is 4.96. The molecular weight excluding hydrogens is 298 g/mol. The van der Waals surface area contributed by atoms with Crippen LogP contribution < -0.4 is 10.0 Å². The highest BCUT2D eigenvalue weighted by Gasteiger charge is 2.21. The lowest BCUT2D eigenvalue weighted by Gasteiger charge is -2.11. The Balaban J connectivity index is 2.90. The van der Waals surface area contributed by atoms with Gasteiger partial charge in [0.25, 0.3) is 5.69 Å². The third-order valence-corrected chi connectivity index (χ3v) is 4.30. The monoisotopic (exact) mass is 317 g/mol. The van der Waals surface area contributed by atoms with Crippen molar-refractivity contribution < 1.29 is 18.1 Å². The average molecular weight is 317 g/mol. The minimum absolute atomic E-state index is 0.133. The van der Waals surface area contributed by atoms with E-state index >= 15 is 0 Å². The highest BCUT2D eigenvalue weighted by Crippen LogP contribution is 2.25. The number of unbranched alkanes of at least 4 members (excludes halogenated alkanes) is 1. The minimum atomic E-state index is -3.80. The second-order valence-electron chi connectivity index (χ2n) is 4.29. The summed E-state index contributed by atoms with van der Waals surface area (Å²) in [4.78, 5) is 10.0. The fraction of sp³-hybridized carbons (Fsp3) is 0.500. The summed E-state index contributed by atoms with van der Waals surface area (Å²) in [7, 11) is -0.674. The zero-order valence-corrected chi connectivity index (χ0v) is 12.8. The Bertz CT molecular complexity index is 589. The van der Waals surface area contributed by atoms with E-state index in [1.165, 1.54) is 12.1 Å². The van der Waals surface area contributed by atoms with Gasteiger partial charge in [-0.1, -0.05) is 0 Å². The van der Waals surface area contributed by atoms with Gasteiger partial charge in [-0.05, 0) is 18.9 Å². The van der Waals surface area contributed by atoms with Gasteiger partial charge in [0.05, 0.1) is 10.6 Å². The molecule has 0 aliphatic rings. The summed E-state index contributed by atoms with van der Waals surface area (Å²) in [5, 5.41) is 13.5. The highest BCUT2D eigenvalue weighted by atomic mass is 32.2. The van der Waals surface area contributed by atoms with Crippen molar-refractivity contribution in [2.45, 2.75) is 17.7 Å². The third-order valence-electron chi connectivity index (χ3n) is 2.80. The summed E-state index contributed by atoms with van der Waals surface area (Å²) >= 11 is 0. The molecule has 0 atom stereocenters. The van der Waals surface area contributed by atoms with Gasteiger partial charge in [-0.25, -0.2) is 13.1 Å². The van der Waals surface area contributed by atoms with E-state index in [0.29, 0.717) is 18.7 Å². The van der Waals surface area contributed by atoms with Gasteiger partial charge in [0.15, 0.2) is 0 Å². The second-order valence-corrected chi connectivity index (χ2v) is 6.02. The maximum Gasteiger partial charge on any atom is 0.270 e. The van der Waals surface area contributed by atoms with Crippen LogP contribution in [0.4, 0.5) is 11.4 Å². The van der Waals surface area contributed by atoms with Crippen LogP contribution in [0.3, 0.4) is 0 Å². The molecule has 0 saturated carbocycles. The fourth-order valence-corrected chi connectivity index (χ4v) is 3.01. The van der Waals surface area contributed by atoms with Crippen LogP contribution in [0.15, 0.2) is 23.1 Å². The SMILES string of the molecule is CNc1ccc([N+](=O)[O-])cc1S(=O)(=O)NCCCCOC. The molecule has 9 heteroatoms. The number of benzene rings is 1. The number of anilines is 1. The van der Waals surface area contributed by atoms with Gasteiger partial charge in [0.2, 0.25) is 10.0 Å². The van der Waals surface area contributed by atoms with Crippen LogP contribution >= 0.6 is 0 Å². The van der Waals surface area contributed by atoms with Gasteiger partial charge < -0.3 is 10.1 Å². The number of non-ortho nitro benzene ring substituents is 1. The van der Waals surface area contributed by atoms with Gasteiger partial charge >= 0.3 is 0 Å². The van der Waals surface area contributed by atoms with Gasteiger partial charge in [-0.2, -0.15) is 0 Å². The van der Waals surface area contributed by atoms with Crippen LogP contribution in [0.2, 0.25) is 0 Å². The van der Waals surface area contributed by atoms with Gasteiger partial charge in [-0.3, -0.25) is 10.1 Å². The van der Waals surface area contributed by atoms with Gasteiger partial charge in [-0.15, -0.1) is 0 Å². The topological polar surface area (TPSA) is 111 Å². The lowest BCUT2D eigenvalue weighted by molar-refractivity contribution is -0.385. The van der Waals surface area contributed by atoms with Crippen molar-refractivity contribution in [2.75, 3.05) is 32.6 Å². The number of nitrogens with one attached hydrogen (secondary N) is 2. The van der Waals surface area contributed by atoms with Crippen molar-refractivity contribution in [3.05, 3.63) is 28.3 Å². The maximum atomic E-state index is 12.2. The molecule has 0 radical (unpaired) electrons. The molecule has 0 spiro atoms. The number of nitro benzene ring substituents is 1. The number of hydrogen-bond acceptors (Lipinski definition) is 6. The zero-order valence-electron chi connectivity index (χ0n) is 12.0. The number of hydrogen-bond donors (Lipinski definition) is 2. The molecule has 1 aromatic rings. The molecule has 0 heterocycles. The molecular formula is C12H19N3O5S. The van der Waals surface area contributed by atoms with Crippen LogP contribution in [0.1, 0.15) is 12.8 Å². The molecule has 0 aliphatic carbocycles. The molecule has 1 aromatic carbocycles. The molecule has 8 nitrogen and oxygen atoms in total. The molecule has 118 valence electrons. The van der Waals surface area contributed by atoms with Crippen molar-refractivity contribution in [1.29, 1.82) is 0 Å². The van der Waals surface area contributed by atoms with E-state index in [2.05, 4.69) is 10.0 Å². The highest BCUT2D eigenvalue weighted by molar-refractivity contribution is 7.89. The van der Waals surface area contributed by atoms with Crippen molar-refractivity contribution in [1.82, 2.24) is 4.72 Å². The molecule has 0 unspecified atom stereocenters. The van der Waals surface area contributed by atoms with E-state index in [0.717, 1.165) is 12.5 Å². The quantitative estimate of drug-likeness (QED) is 0.404. The first kappa shape index (κ1) is 17.3. The Kier molecular flexibility index (Phi) is 6.53. The number of sulfonamides is 1. The average Bonchev–Trinajstić information content (AvgIpc) is 2.46. The lowest BCUT2D eigenvalue weighted by atomic mass is 10.3. The van der Waals surface area contributed by atoms with Crippen LogP contribution in [0.25, 0.3) is 0 Å². The minimum Gasteiger partial charge on any atom is -0.387 e. The van der Waals surface area contributed by atoms with Crippen LogP contribution in [-0.4, -0.2) is 40.7 Å². The Hall–Kier alpha value is -1.71.